The number of aromatic nitrogens is 2. The number of aromatic amines is 1. The Hall–Kier alpha value is -0.360. The Labute approximate surface area is 101 Å². The Morgan fingerprint density at radius 2 is 1.62 bits per heavy atom. The molecule has 1 rings (SSSR count). The van der Waals surface area contributed by atoms with Crippen molar-refractivity contribution in [1.82, 2.24) is 9.49 Å². The maximum atomic E-state index is 4.33. The van der Waals surface area contributed by atoms with Gasteiger partial charge in [0.25, 0.3) is 0 Å². The summed E-state index contributed by atoms with van der Waals surface area (Å²) in [6.07, 6.45) is 15.8. The molecule has 1 aromatic heterocycles. The van der Waals surface area contributed by atoms with E-state index in [0.717, 1.165) is 14.9 Å². The summed E-state index contributed by atoms with van der Waals surface area (Å²) in [5, 5.41) is 0. The van der Waals surface area contributed by atoms with Crippen LogP contribution in [0.3, 0.4) is 0 Å². The van der Waals surface area contributed by atoms with Gasteiger partial charge in [-0.15, -0.1) is 0 Å². The summed E-state index contributed by atoms with van der Waals surface area (Å²) in [5.74, 6) is 0. The van der Waals surface area contributed by atoms with Crippen LogP contribution in [0.15, 0.2) is 6.20 Å². The van der Waals surface area contributed by atoms with Crippen molar-refractivity contribution in [2.24, 2.45) is 0 Å². The average Bonchev–Trinajstić information content (AvgIpc) is 2.80. The topological polar surface area (TPSA) is 28.7 Å². The van der Waals surface area contributed by atoms with Gasteiger partial charge in [-0.3, -0.25) is 0 Å². The molecule has 3 heteroatoms. The highest BCUT2D eigenvalue weighted by Crippen LogP contribution is 2.11. The van der Waals surface area contributed by atoms with E-state index >= 15 is 0 Å². The van der Waals surface area contributed by atoms with Crippen LogP contribution >= 0.6 is 8.51 Å². The average molecular weight is 240 g/mol. The SMILES string of the molecule is CCCCCCCCCCCc1c[nH]pn1. The van der Waals surface area contributed by atoms with Crippen LogP contribution in [0.25, 0.3) is 0 Å². The fraction of sp³-hybridized carbons (Fsp3) is 0.846. The third kappa shape index (κ3) is 7.00. The van der Waals surface area contributed by atoms with Crippen molar-refractivity contribution in [3.05, 3.63) is 11.9 Å². The van der Waals surface area contributed by atoms with Crippen LogP contribution in [-0.4, -0.2) is 9.49 Å². The van der Waals surface area contributed by atoms with Gasteiger partial charge < -0.3 is 4.75 Å². The lowest BCUT2D eigenvalue weighted by Gasteiger charge is -2.00. The summed E-state index contributed by atoms with van der Waals surface area (Å²) >= 11 is 0. The molecule has 1 N–H and O–H groups in total. The first-order chi connectivity index (χ1) is 7.93. The van der Waals surface area contributed by atoms with Gasteiger partial charge in [0, 0.05) is 6.20 Å². The number of unbranched alkanes of at least 4 members (excludes halogenated alkanes) is 8. The monoisotopic (exact) mass is 240 g/mol. The van der Waals surface area contributed by atoms with Gasteiger partial charge >= 0.3 is 0 Å². The van der Waals surface area contributed by atoms with Crippen molar-refractivity contribution in [3.63, 3.8) is 0 Å². The van der Waals surface area contributed by atoms with Gasteiger partial charge in [0.2, 0.25) is 0 Å². The van der Waals surface area contributed by atoms with E-state index in [0.29, 0.717) is 0 Å². The van der Waals surface area contributed by atoms with Crippen molar-refractivity contribution < 1.29 is 0 Å². The van der Waals surface area contributed by atoms with Gasteiger partial charge in [-0.05, 0) is 12.8 Å². The molecule has 0 fully saturated rings. The summed E-state index contributed by atoms with van der Waals surface area (Å²) in [4.78, 5) is 0. The first-order valence-corrected chi connectivity index (χ1v) is 7.63. The van der Waals surface area contributed by atoms with Crippen LogP contribution in [0.2, 0.25) is 0 Å². The third-order valence-electron chi connectivity index (χ3n) is 3.00. The molecule has 0 unspecified atom stereocenters. The normalized spacial score (nSPS) is 11.3. The molecule has 0 amide bonds. The van der Waals surface area contributed by atoms with E-state index < -0.39 is 0 Å². The molecule has 0 aliphatic carbocycles. The molecule has 0 aliphatic rings. The van der Waals surface area contributed by atoms with Crippen molar-refractivity contribution in [2.75, 3.05) is 0 Å². The van der Waals surface area contributed by atoms with E-state index in [4.69, 9.17) is 0 Å². The number of hydrogen-bond acceptors (Lipinski definition) is 1. The van der Waals surface area contributed by atoms with E-state index in [1.54, 1.807) is 0 Å². The second-order valence-corrected chi connectivity index (χ2v) is 5.20. The maximum absolute atomic E-state index is 4.33. The van der Waals surface area contributed by atoms with Gasteiger partial charge in [0.1, 0.15) is 8.51 Å². The number of nitrogens with zero attached hydrogens (tertiary/aromatic N) is 1. The molecule has 0 spiro atoms. The molecule has 0 saturated heterocycles. The van der Waals surface area contributed by atoms with Crippen molar-refractivity contribution >= 4 is 8.51 Å². The summed E-state index contributed by atoms with van der Waals surface area (Å²) in [7, 11) is 1.01. The Balaban J connectivity index is 1.78. The van der Waals surface area contributed by atoms with Crippen molar-refractivity contribution in [2.45, 2.75) is 71.1 Å². The van der Waals surface area contributed by atoms with E-state index in [-0.39, 0.29) is 0 Å². The number of aryl methyl sites for hydroxylation is 1. The quantitative estimate of drug-likeness (QED) is 0.569. The predicted octanol–water partition coefficient (Wildman–Crippen LogP) is 5.06. The Morgan fingerprint density at radius 1 is 1.00 bits per heavy atom. The fourth-order valence-electron chi connectivity index (χ4n) is 1.96. The van der Waals surface area contributed by atoms with Crippen LogP contribution in [0.5, 0.6) is 0 Å². The minimum absolute atomic E-state index is 1.01. The zero-order chi connectivity index (χ0) is 11.5. The largest absolute Gasteiger partial charge is 0.328 e. The highest BCUT2D eigenvalue weighted by atomic mass is 31.1. The lowest BCUT2D eigenvalue weighted by molar-refractivity contribution is 0.564. The molecule has 2 nitrogen and oxygen atoms in total. The lowest BCUT2D eigenvalue weighted by atomic mass is 10.1. The Bertz CT molecular complexity index is 234. The van der Waals surface area contributed by atoms with E-state index in [2.05, 4.69) is 16.4 Å². The van der Waals surface area contributed by atoms with Crippen LogP contribution in [0, 0.1) is 0 Å². The molecule has 0 radical (unpaired) electrons. The van der Waals surface area contributed by atoms with Gasteiger partial charge in [0.05, 0.1) is 5.69 Å². The lowest BCUT2D eigenvalue weighted by Crippen LogP contribution is -1.86. The number of H-pyrrole nitrogens is 1. The molecule has 0 aliphatic heterocycles. The molecular formula is C13H25N2P. The Morgan fingerprint density at radius 3 is 2.19 bits per heavy atom. The highest BCUT2D eigenvalue weighted by Gasteiger charge is 1.95. The summed E-state index contributed by atoms with van der Waals surface area (Å²) in [6, 6.07) is 0. The van der Waals surface area contributed by atoms with Gasteiger partial charge in [-0.2, -0.15) is 0 Å². The second-order valence-electron chi connectivity index (χ2n) is 4.54. The van der Waals surface area contributed by atoms with Crippen LogP contribution < -0.4 is 0 Å². The second kappa shape index (κ2) is 9.84. The summed E-state index contributed by atoms with van der Waals surface area (Å²) < 4.78 is 7.42. The van der Waals surface area contributed by atoms with E-state index in [1.165, 1.54) is 63.5 Å². The van der Waals surface area contributed by atoms with E-state index in [9.17, 15) is 0 Å². The number of rotatable bonds is 10. The van der Waals surface area contributed by atoms with Gasteiger partial charge in [-0.1, -0.05) is 58.3 Å². The molecule has 16 heavy (non-hydrogen) atoms. The molecule has 1 aromatic rings. The molecule has 0 atom stereocenters. The van der Waals surface area contributed by atoms with Crippen LogP contribution in [0.1, 0.15) is 70.4 Å². The number of hydrogen-bond donors (Lipinski definition) is 1. The number of nitrogens with one attached hydrogen (secondary N) is 1. The van der Waals surface area contributed by atoms with Crippen LogP contribution in [-0.2, 0) is 6.42 Å². The minimum Gasteiger partial charge on any atom is -0.328 e. The smallest absolute Gasteiger partial charge is 0.129 e. The summed E-state index contributed by atoms with van der Waals surface area (Å²) in [6.45, 7) is 2.27. The standard InChI is InChI=1S/C13H25N2P/c1-2-3-4-5-6-7-8-9-10-11-13-12-14-16-15-13/h12H,2-11H2,1H3,(H,14,15). The molecule has 0 aromatic carbocycles. The minimum atomic E-state index is 1.01. The van der Waals surface area contributed by atoms with Crippen molar-refractivity contribution in [1.29, 1.82) is 0 Å². The first-order valence-electron chi connectivity index (χ1n) is 6.79. The highest BCUT2D eigenvalue weighted by molar-refractivity contribution is 7.20. The fourth-order valence-corrected chi connectivity index (χ4v) is 2.51. The molecule has 92 valence electrons. The van der Waals surface area contributed by atoms with Gasteiger partial charge in [0.15, 0.2) is 0 Å². The molecule has 0 saturated carbocycles. The Kier molecular flexibility index (Phi) is 8.43. The molecule has 0 bridgehead atoms. The van der Waals surface area contributed by atoms with Gasteiger partial charge in [-0.25, -0.2) is 4.75 Å². The summed E-state index contributed by atoms with van der Waals surface area (Å²) in [5.41, 5.74) is 1.25. The van der Waals surface area contributed by atoms with E-state index in [1.807, 2.05) is 6.20 Å². The maximum Gasteiger partial charge on any atom is 0.129 e. The van der Waals surface area contributed by atoms with Crippen molar-refractivity contribution in [3.8, 4) is 0 Å². The zero-order valence-corrected chi connectivity index (χ0v) is 11.4. The third-order valence-corrected chi connectivity index (χ3v) is 3.61. The molecular weight excluding hydrogens is 215 g/mol. The first kappa shape index (κ1) is 13.7. The molecule has 1 heterocycles. The van der Waals surface area contributed by atoms with Crippen LogP contribution in [0.4, 0.5) is 0 Å². The zero-order valence-electron chi connectivity index (χ0n) is 10.5. The predicted molar refractivity (Wildman–Crippen MR) is 72.0 cm³/mol.